The zero-order valence-corrected chi connectivity index (χ0v) is 17.2. The molecule has 0 aliphatic carbocycles. The van der Waals surface area contributed by atoms with E-state index in [4.69, 9.17) is 4.74 Å². The SMILES string of the molecule is CC(Oc1ccc(F)cc1)C(=O)Nc1ccc(S(=O)(=O)N2CCN(C)CC2)cc1. The lowest BCUT2D eigenvalue weighted by atomic mass is 10.3. The van der Waals surface area contributed by atoms with Crippen LogP contribution in [0, 0.1) is 5.82 Å². The van der Waals surface area contributed by atoms with Crippen LogP contribution in [0.1, 0.15) is 6.92 Å². The number of sulfonamides is 1. The van der Waals surface area contributed by atoms with E-state index < -0.39 is 22.0 Å². The second-order valence-corrected chi connectivity index (χ2v) is 8.87. The van der Waals surface area contributed by atoms with Gasteiger partial charge in [0.15, 0.2) is 6.10 Å². The van der Waals surface area contributed by atoms with E-state index in [1.165, 1.54) is 40.7 Å². The van der Waals surface area contributed by atoms with Gasteiger partial charge in [0, 0.05) is 31.9 Å². The van der Waals surface area contributed by atoms with Crippen molar-refractivity contribution in [2.24, 2.45) is 0 Å². The Kier molecular flexibility index (Phi) is 6.51. The molecule has 0 radical (unpaired) electrons. The summed E-state index contributed by atoms with van der Waals surface area (Å²) in [6.07, 6.45) is -0.811. The van der Waals surface area contributed by atoms with Gasteiger partial charge in [-0.2, -0.15) is 4.31 Å². The topological polar surface area (TPSA) is 78.9 Å². The maximum absolute atomic E-state index is 12.9. The highest BCUT2D eigenvalue weighted by Crippen LogP contribution is 2.20. The van der Waals surface area contributed by atoms with Crippen molar-refractivity contribution in [3.05, 3.63) is 54.3 Å². The number of nitrogens with zero attached hydrogens (tertiary/aromatic N) is 2. The van der Waals surface area contributed by atoms with E-state index in [-0.39, 0.29) is 10.7 Å². The van der Waals surface area contributed by atoms with E-state index in [9.17, 15) is 17.6 Å². The average molecular weight is 421 g/mol. The smallest absolute Gasteiger partial charge is 0.265 e. The third kappa shape index (κ3) is 5.31. The second-order valence-electron chi connectivity index (χ2n) is 6.93. The van der Waals surface area contributed by atoms with Crippen LogP contribution in [-0.4, -0.2) is 62.9 Å². The fourth-order valence-electron chi connectivity index (χ4n) is 2.90. The number of halogens is 1. The molecule has 1 saturated heterocycles. The Morgan fingerprint density at radius 1 is 1.03 bits per heavy atom. The fraction of sp³-hybridized carbons (Fsp3) is 0.350. The van der Waals surface area contributed by atoms with E-state index in [0.29, 0.717) is 37.6 Å². The number of likely N-dealkylation sites (N-methyl/N-ethyl adjacent to an activating group) is 1. The number of carbonyl (C=O) groups is 1. The zero-order valence-electron chi connectivity index (χ0n) is 16.3. The van der Waals surface area contributed by atoms with Crippen molar-refractivity contribution in [1.82, 2.24) is 9.21 Å². The number of carbonyl (C=O) groups excluding carboxylic acids is 1. The van der Waals surface area contributed by atoms with Crippen LogP contribution in [0.25, 0.3) is 0 Å². The highest BCUT2D eigenvalue weighted by Gasteiger charge is 2.27. The van der Waals surface area contributed by atoms with Crippen LogP contribution in [0.5, 0.6) is 5.75 Å². The van der Waals surface area contributed by atoms with Gasteiger partial charge in [0.25, 0.3) is 5.91 Å². The number of piperazine rings is 1. The molecule has 156 valence electrons. The normalized spacial score (nSPS) is 16.9. The van der Waals surface area contributed by atoms with Gasteiger partial charge in [0.05, 0.1) is 4.90 Å². The van der Waals surface area contributed by atoms with E-state index >= 15 is 0 Å². The number of ether oxygens (including phenoxy) is 1. The minimum atomic E-state index is -3.55. The lowest BCUT2D eigenvalue weighted by molar-refractivity contribution is -0.122. The molecule has 0 spiro atoms. The Morgan fingerprint density at radius 3 is 2.21 bits per heavy atom. The number of rotatable bonds is 6. The van der Waals surface area contributed by atoms with Crippen molar-refractivity contribution >= 4 is 21.6 Å². The molecule has 29 heavy (non-hydrogen) atoms. The molecule has 1 atom stereocenters. The molecule has 0 bridgehead atoms. The van der Waals surface area contributed by atoms with Gasteiger partial charge in [-0.3, -0.25) is 4.79 Å². The number of amides is 1. The van der Waals surface area contributed by atoms with Crippen molar-refractivity contribution in [1.29, 1.82) is 0 Å². The van der Waals surface area contributed by atoms with Crippen LogP contribution in [0.2, 0.25) is 0 Å². The minimum Gasteiger partial charge on any atom is -0.481 e. The molecule has 1 aliphatic rings. The molecule has 7 nitrogen and oxygen atoms in total. The van der Waals surface area contributed by atoms with Crippen LogP contribution < -0.4 is 10.1 Å². The summed E-state index contributed by atoms with van der Waals surface area (Å²) in [4.78, 5) is 14.6. The molecule has 1 unspecified atom stereocenters. The molecule has 9 heteroatoms. The summed E-state index contributed by atoms with van der Waals surface area (Å²) in [5.41, 5.74) is 0.460. The van der Waals surface area contributed by atoms with Crippen LogP contribution in [0.4, 0.5) is 10.1 Å². The summed E-state index contributed by atoms with van der Waals surface area (Å²) in [6.45, 7) is 3.87. The number of anilines is 1. The largest absolute Gasteiger partial charge is 0.481 e. The quantitative estimate of drug-likeness (QED) is 0.773. The summed E-state index contributed by atoms with van der Waals surface area (Å²) < 4.78 is 45.4. The first-order valence-corrected chi connectivity index (χ1v) is 10.7. The van der Waals surface area contributed by atoms with Crippen molar-refractivity contribution in [2.45, 2.75) is 17.9 Å². The predicted molar refractivity (Wildman–Crippen MR) is 108 cm³/mol. The first-order valence-electron chi connectivity index (χ1n) is 9.27. The first-order chi connectivity index (χ1) is 13.8. The number of nitrogens with one attached hydrogen (secondary N) is 1. The minimum absolute atomic E-state index is 0.190. The summed E-state index contributed by atoms with van der Waals surface area (Å²) in [5.74, 6) is -0.410. The molecular formula is C20H24FN3O4S. The van der Waals surface area contributed by atoms with Crippen LogP contribution in [0.3, 0.4) is 0 Å². The summed E-state index contributed by atoms with van der Waals surface area (Å²) in [5, 5.41) is 2.68. The van der Waals surface area contributed by atoms with E-state index in [0.717, 1.165) is 0 Å². The molecule has 1 fully saturated rings. The number of hydrogen-bond donors (Lipinski definition) is 1. The molecule has 1 amide bonds. The molecular weight excluding hydrogens is 397 g/mol. The molecule has 0 aromatic heterocycles. The highest BCUT2D eigenvalue weighted by atomic mass is 32.2. The summed E-state index contributed by atoms with van der Waals surface area (Å²) >= 11 is 0. The van der Waals surface area contributed by atoms with E-state index in [1.54, 1.807) is 19.1 Å². The van der Waals surface area contributed by atoms with Crippen LogP contribution >= 0.6 is 0 Å². The molecule has 1 N–H and O–H groups in total. The van der Waals surface area contributed by atoms with E-state index in [2.05, 4.69) is 10.2 Å². The average Bonchev–Trinajstić information content (AvgIpc) is 2.70. The third-order valence-corrected chi connectivity index (χ3v) is 6.63. The number of benzene rings is 2. The standard InChI is InChI=1S/C20H24FN3O4S/c1-15(28-18-7-3-16(21)4-8-18)20(25)22-17-5-9-19(10-6-17)29(26,27)24-13-11-23(2)12-14-24/h3-10,15H,11-14H2,1-2H3,(H,22,25). The Bertz CT molecular complexity index is 941. The van der Waals surface area contributed by atoms with Gasteiger partial charge in [-0.05, 0) is 62.5 Å². The Balaban J connectivity index is 1.61. The first kappa shape index (κ1) is 21.2. The molecule has 2 aromatic carbocycles. The Labute approximate surface area is 170 Å². The maximum atomic E-state index is 12.9. The van der Waals surface area contributed by atoms with Crippen molar-refractivity contribution < 1.29 is 22.3 Å². The summed E-state index contributed by atoms with van der Waals surface area (Å²) in [7, 11) is -1.59. The number of hydrogen-bond acceptors (Lipinski definition) is 5. The lowest BCUT2D eigenvalue weighted by Gasteiger charge is -2.31. The van der Waals surface area contributed by atoms with Crippen molar-refractivity contribution in [2.75, 3.05) is 38.5 Å². The molecule has 3 rings (SSSR count). The molecule has 1 heterocycles. The van der Waals surface area contributed by atoms with Crippen molar-refractivity contribution in [3.8, 4) is 5.75 Å². The lowest BCUT2D eigenvalue weighted by Crippen LogP contribution is -2.46. The zero-order chi connectivity index (χ0) is 21.0. The Hall–Kier alpha value is -2.49. The van der Waals surface area contributed by atoms with Crippen LogP contribution in [0.15, 0.2) is 53.4 Å². The predicted octanol–water partition coefficient (Wildman–Crippen LogP) is 2.17. The Morgan fingerprint density at radius 2 is 1.62 bits per heavy atom. The fourth-order valence-corrected chi connectivity index (χ4v) is 4.32. The molecule has 2 aromatic rings. The molecule has 1 aliphatic heterocycles. The van der Waals surface area contributed by atoms with Gasteiger partial charge in [-0.25, -0.2) is 12.8 Å². The molecule has 0 saturated carbocycles. The van der Waals surface area contributed by atoms with Crippen molar-refractivity contribution in [3.63, 3.8) is 0 Å². The van der Waals surface area contributed by atoms with Gasteiger partial charge >= 0.3 is 0 Å². The third-order valence-electron chi connectivity index (χ3n) is 4.72. The van der Waals surface area contributed by atoms with E-state index in [1.807, 2.05) is 7.05 Å². The summed E-state index contributed by atoms with van der Waals surface area (Å²) in [6, 6.07) is 11.4. The maximum Gasteiger partial charge on any atom is 0.265 e. The monoisotopic (exact) mass is 421 g/mol. The van der Waals surface area contributed by atoms with Gasteiger partial charge in [-0.1, -0.05) is 0 Å². The van der Waals surface area contributed by atoms with Gasteiger partial charge in [-0.15, -0.1) is 0 Å². The van der Waals surface area contributed by atoms with Gasteiger partial charge in [0.1, 0.15) is 11.6 Å². The second kappa shape index (κ2) is 8.89. The van der Waals surface area contributed by atoms with Gasteiger partial charge in [0.2, 0.25) is 10.0 Å². The highest BCUT2D eigenvalue weighted by molar-refractivity contribution is 7.89. The van der Waals surface area contributed by atoms with Gasteiger partial charge < -0.3 is 15.0 Å². The van der Waals surface area contributed by atoms with Crippen LogP contribution in [-0.2, 0) is 14.8 Å².